The number of nitrogens with zero attached hydrogens (tertiary/aromatic N) is 1. The van der Waals surface area contributed by atoms with Crippen molar-refractivity contribution in [2.75, 3.05) is 7.05 Å². The maximum absolute atomic E-state index is 12.8. The molecule has 0 spiro atoms. The van der Waals surface area contributed by atoms with Gasteiger partial charge in [-0.3, -0.25) is 0 Å². The van der Waals surface area contributed by atoms with Crippen LogP contribution in [-0.4, -0.2) is 34.2 Å². The third-order valence-electron chi connectivity index (χ3n) is 3.87. The second-order valence-electron chi connectivity index (χ2n) is 5.22. The molecule has 1 aromatic rings. The van der Waals surface area contributed by atoms with Crippen LogP contribution in [0, 0.1) is 0 Å². The van der Waals surface area contributed by atoms with Crippen molar-refractivity contribution < 1.29 is 20.7 Å². The van der Waals surface area contributed by atoms with Crippen LogP contribution in [-0.2, 0) is 20.2 Å². The molecule has 1 aliphatic rings. The molecule has 1 fully saturated rings. The lowest BCUT2D eigenvalue weighted by Crippen LogP contribution is -2.38. The summed E-state index contributed by atoms with van der Waals surface area (Å²) in [6.07, 6.45) is 4.78. The van der Waals surface area contributed by atoms with Gasteiger partial charge in [0.15, 0.2) is 0 Å². The Kier molecular flexibility index (Phi) is 4.69. The van der Waals surface area contributed by atoms with Gasteiger partial charge in [0.1, 0.15) is 0 Å². The van der Waals surface area contributed by atoms with Gasteiger partial charge in [-0.2, -0.15) is 12.7 Å². The van der Waals surface area contributed by atoms with E-state index in [1.165, 1.54) is 11.4 Å². The van der Waals surface area contributed by atoms with Crippen LogP contribution in [0.1, 0.15) is 32.1 Å². The fourth-order valence-corrected chi connectivity index (χ4v) is 4.46. The molecule has 118 valence electrons. The predicted octanol–water partition coefficient (Wildman–Crippen LogP) is 2.30. The molecule has 0 saturated heterocycles. The van der Waals surface area contributed by atoms with Crippen molar-refractivity contribution in [2.24, 2.45) is 0 Å². The Bertz CT molecular complexity index is 692. The van der Waals surface area contributed by atoms with Crippen molar-refractivity contribution in [3.05, 3.63) is 24.3 Å². The van der Waals surface area contributed by atoms with Gasteiger partial charge >= 0.3 is 10.2 Å². The Balaban J connectivity index is 2.26. The largest absolute Gasteiger partial charge is 0.332 e. The summed E-state index contributed by atoms with van der Waals surface area (Å²) < 4.78 is 60.6. The lowest BCUT2D eigenvalue weighted by molar-refractivity contribution is 0.286. The van der Waals surface area contributed by atoms with E-state index in [0.717, 1.165) is 56.4 Å². The third-order valence-corrected chi connectivity index (χ3v) is 6.63. The Morgan fingerprint density at radius 1 is 0.952 bits per heavy atom. The van der Waals surface area contributed by atoms with Gasteiger partial charge in [0.2, 0.25) is 10.0 Å². The van der Waals surface area contributed by atoms with Crippen molar-refractivity contribution >= 4 is 20.2 Å². The number of hydrogen-bond donors (Lipinski definition) is 0. The van der Waals surface area contributed by atoms with E-state index in [-0.39, 0.29) is 10.9 Å². The molecule has 1 saturated carbocycles. The lowest BCUT2D eigenvalue weighted by atomic mass is 9.96. The maximum atomic E-state index is 12.8. The molecule has 0 atom stereocenters. The summed E-state index contributed by atoms with van der Waals surface area (Å²) in [6.45, 7) is 0. The maximum Gasteiger partial charge on any atom is 0.332 e. The third kappa shape index (κ3) is 3.61. The number of halogens is 1. The van der Waals surface area contributed by atoms with Gasteiger partial charge in [0, 0.05) is 13.1 Å². The molecule has 0 heterocycles. The number of hydrogen-bond acceptors (Lipinski definition) is 4. The topological polar surface area (TPSA) is 71.5 Å². The van der Waals surface area contributed by atoms with Gasteiger partial charge < -0.3 is 0 Å². The molecule has 21 heavy (non-hydrogen) atoms. The summed E-state index contributed by atoms with van der Waals surface area (Å²) >= 11 is 0. The fourth-order valence-electron chi connectivity index (χ4n) is 2.58. The molecule has 1 aromatic carbocycles. The molecular weight excluding hydrogens is 317 g/mol. The van der Waals surface area contributed by atoms with E-state index in [4.69, 9.17) is 0 Å². The highest BCUT2D eigenvalue weighted by Gasteiger charge is 2.29. The van der Waals surface area contributed by atoms with Crippen LogP contribution in [0.3, 0.4) is 0 Å². The average Bonchev–Trinajstić information content (AvgIpc) is 2.46. The second-order valence-corrected chi connectivity index (χ2v) is 8.57. The normalized spacial score (nSPS) is 18.0. The standard InChI is InChI=1S/C13H18FNO4S2/c1-15(11-5-3-2-4-6-11)21(18,19)13-9-7-12(8-10-13)20(14,16)17/h7-11H,2-6H2,1H3. The molecule has 1 aliphatic carbocycles. The van der Waals surface area contributed by atoms with Crippen LogP contribution in [0.4, 0.5) is 3.89 Å². The first-order chi connectivity index (χ1) is 9.73. The minimum atomic E-state index is -4.81. The zero-order chi connectivity index (χ0) is 15.7. The lowest BCUT2D eigenvalue weighted by Gasteiger charge is -2.30. The van der Waals surface area contributed by atoms with Gasteiger partial charge in [-0.05, 0) is 37.1 Å². The molecule has 0 aromatic heterocycles. The van der Waals surface area contributed by atoms with Crippen LogP contribution in [0.5, 0.6) is 0 Å². The average molecular weight is 335 g/mol. The second kappa shape index (κ2) is 6.02. The first-order valence-corrected chi connectivity index (χ1v) is 9.58. The van der Waals surface area contributed by atoms with E-state index >= 15 is 0 Å². The van der Waals surface area contributed by atoms with Crippen molar-refractivity contribution in [1.29, 1.82) is 0 Å². The van der Waals surface area contributed by atoms with Gasteiger partial charge in [-0.15, -0.1) is 3.89 Å². The van der Waals surface area contributed by atoms with Crippen LogP contribution < -0.4 is 0 Å². The monoisotopic (exact) mass is 335 g/mol. The summed E-state index contributed by atoms with van der Waals surface area (Å²) in [4.78, 5) is -0.565. The summed E-state index contributed by atoms with van der Waals surface area (Å²) in [5.74, 6) is 0. The Hall–Kier alpha value is -0.990. The van der Waals surface area contributed by atoms with Crippen molar-refractivity contribution in [1.82, 2.24) is 4.31 Å². The fraction of sp³-hybridized carbons (Fsp3) is 0.538. The quantitative estimate of drug-likeness (QED) is 0.792. The molecule has 2 rings (SSSR count). The molecule has 0 N–H and O–H groups in total. The molecule has 0 aliphatic heterocycles. The highest BCUT2D eigenvalue weighted by Crippen LogP contribution is 2.27. The summed E-state index contributed by atoms with van der Waals surface area (Å²) in [5.41, 5.74) is 0. The molecule has 5 nitrogen and oxygen atoms in total. The first kappa shape index (κ1) is 16.4. The van der Waals surface area contributed by atoms with E-state index in [9.17, 15) is 20.7 Å². The highest BCUT2D eigenvalue weighted by atomic mass is 32.3. The smallest absolute Gasteiger partial charge is 0.207 e. The van der Waals surface area contributed by atoms with Crippen LogP contribution >= 0.6 is 0 Å². The molecule has 0 radical (unpaired) electrons. The first-order valence-electron chi connectivity index (χ1n) is 6.76. The van der Waals surface area contributed by atoms with Crippen LogP contribution in [0.2, 0.25) is 0 Å². The summed E-state index contributed by atoms with van der Waals surface area (Å²) in [7, 11) is -6.97. The molecular formula is C13H18FNO4S2. The molecule has 0 bridgehead atoms. The van der Waals surface area contributed by atoms with Crippen molar-refractivity contribution in [3.8, 4) is 0 Å². The van der Waals surface area contributed by atoms with E-state index in [1.807, 2.05) is 0 Å². The van der Waals surface area contributed by atoms with Crippen molar-refractivity contribution in [3.63, 3.8) is 0 Å². The Morgan fingerprint density at radius 2 is 1.43 bits per heavy atom. The number of benzene rings is 1. The van der Waals surface area contributed by atoms with E-state index in [2.05, 4.69) is 0 Å². The van der Waals surface area contributed by atoms with E-state index in [0.29, 0.717) is 0 Å². The molecule has 8 heteroatoms. The highest BCUT2D eigenvalue weighted by molar-refractivity contribution is 7.89. The number of rotatable bonds is 4. The van der Waals surface area contributed by atoms with Gasteiger partial charge in [0.25, 0.3) is 0 Å². The number of sulfonamides is 1. The Morgan fingerprint density at radius 3 is 1.90 bits per heavy atom. The van der Waals surface area contributed by atoms with Crippen LogP contribution in [0.15, 0.2) is 34.1 Å². The zero-order valence-electron chi connectivity index (χ0n) is 11.7. The van der Waals surface area contributed by atoms with Gasteiger partial charge in [-0.1, -0.05) is 19.3 Å². The van der Waals surface area contributed by atoms with Gasteiger partial charge in [0.05, 0.1) is 9.79 Å². The van der Waals surface area contributed by atoms with Crippen LogP contribution in [0.25, 0.3) is 0 Å². The SMILES string of the molecule is CN(C1CCCCC1)S(=O)(=O)c1ccc(S(=O)(=O)F)cc1. The molecule has 0 unspecified atom stereocenters. The van der Waals surface area contributed by atoms with E-state index in [1.54, 1.807) is 0 Å². The minimum absolute atomic E-state index is 0.0250. The molecule has 0 amide bonds. The minimum Gasteiger partial charge on any atom is -0.207 e. The van der Waals surface area contributed by atoms with E-state index < -0.39 is 25.1 Å². The predicted molar refractivity (Wildman–Crippen MR) is 76.6 cm³/mol. The zero-order valence-corrected chi connectivity index (χ0v) is 13.3. The summed E-state index contributed by atoms with van der Waals surface area (Å²) in [5, 5.41) is 0. The summed E-state index contributed by atoms with van der Waals surface area (Å²) in [6, 6.07) is 4.16. The Labute approximate surface area is 125 Å². The van der Waals surface area contributed by atoms with Crippen molar-refractivity contribution in [2.45, 2.75) is 47.9 Å². The van der Waals surface area contributed by atoms with Gasteiger partial charge in [-0.25, -0.2) is 8.42 Å².